The predicted octanol–water partition coefficient (Wildman–Crippen LogP) is 4.64. The molecule has 1 aromatic rings. The summed E-state index contributed by atoms with van der Waals surface area (Å²) in [4.78, 5) is 11.1. The molecule has 0 aliphatic heterocycles. The molecule has 1 nitrogen and oxygen atoms in total. The summed E-state index contributed by atoms with van der Waals surface area (Å²) >= 11 is 0. The number of ketones is 1. The third-order valence-corrected chi connectivity index (χ3v) is 1.69. The maximum absolute atomic E-state index is 11.1. The van der Waals surface area contributed by atoms with Gasteiger partial charge in [0.15, 0.2) is 5.78 Å². The number of hydrogen-bond donors (Lipinski definition) is 0. The lowest BCUT2D eigenvalue weighted by molar-refractivity contribution is 0.0988. The summed E-state index contributed by atoms with van der Waals surface area (Å²) in [5, 5.41) is 0. The van der Waals surface area contributed by atoms with E-state index in [1.165, 1.54) is 5.56 Å². The van der Waals surface area contributed by atoms with Crippen molar-refractivity contribution >= 4 is 5.78 Å². The van der Waals surface area contributed by atoms with E-state index < -0.39 is 0 Å². The van der Waals surface area contributed by atoms with Gasteiger partial charge < -0.3 is 0 Å². The monoisotopic (exact) mass is 208 g/mol. The molecule has 0 atom stereocenters. The highest BCUT2D eigenvalue weighted by Gasteiger charge is 1.99. The molecule has 0 aliphatic rings. The van der Waals surface area contributed by atoms with E-state index in [2.05, 4.69) is 0 Å². The van der Waals surface area contributed by atoms with Crippen LogP contribution >= 0.6 is 0 Å². The molecule has 0 spiro atoms. The first kappa shape index (κ1) is 16.3. The molecule has 0 radical (unpaired) electrons. The average molecular weight is 208 g/mol. The molecule has 0 aliphatic carbocycles. The Balaban J connectivity index is 0. The van der Waals surface area contributed by atoms with Crippen molar-refractivity contribution < 1.29 is 4.79 Å². The Morgan fingerprint density at radius 2 is 1.40 bits per heavy atom. The number of aryl methyl sites for hydroxylation is 1. The molecule has 0 bridgehead atoms. The van der Waals surface area contributed by atoms with E-state index in [9.17, 15) is 4.79 Å². The van der Waals surface area contributed by atoms with E-state index in [0.717, 1.165) is 5.56 Å². The van der Waals surface area contributed by atoms with Crippen molar-refractivity contribution in [3.8, 4) is 0 Å². The fraction of sp³-hybridized carbons (Fsp3) is 0.500. The first-order valence-corrected chi connectivity index (χ1v) is 5.84. The maximum Gasteiger partial charge on any atom is 0.162 e. The Morgan fingerprint density at radius 3 is 1.73 bits per heavy atom. The summed E-state index contributed by atoms with van der Waals surface area (Å²) in [7, 11) is 0. The molecular weight excluding hydrogens is 184 g/mol. The SMILES string of the molecule is CC.CC.CCC(=O)c1ccc(C)cc1. The van der Waals surface area contributed by atoms with Crippen LogP contribution in [-0.2, 0) is 0 Å². The molecule has 1 heteroatoms. The van der Waals surface area contributed by atoms with E-state index in [1.54, 1.807) is 0 Å². The molecule has 0 amide bonds. The zero-order valence-electron chi connectivity index (χ0n) is 10.9. The zero-order valence-corrected chi connectivity index (χ0v) is 10.9. The molecule has 86 valence electrons. The highest BCUT2D eigenvalue weighted by atomic mass is 16.1. The van der Waals surface area contributed by atoms with E-state index in [0.29, 0.717) is 6.42 Å². The van der Waals surface area contributed by atoms with Crippen molar-refractivity contribution in [2.45, 2.75) is 48.0 Å². The Labute approximate surface area is 94.5 Å². The van der Waals surface area contributed by atoms with Gasteiger partial charge in [-0.3, -0.25) is 4.79 Å². The quantitative estimate of drug-likeness (QED) is 0.647. The standard InChI is InChI=1S/C10H12O.2C2H6/c1-3-10(11)9-6-4-8(2)5-7-9;2*1-2/h4-7H,3H2,1-2H3;2*1-2H3. The van der Waals surface area contributed by atoms with Crippen LogP contribution in [0, 0.1) is 6.92 Å². The van der Waals surface area contributed by atoms with E-state index in [-0.39, 0.29) is 5.78 Å². The molecule has 0 N–H and O–H groups in total. The average Bonchev–Trinajstić information content (AvgIpc) is 2.34. The van der Waals surface area contributed by atoms with Crippen LogP contribution in [0.2, 0.25) is 0 Å². The van der Waals surface area contributed by atoms with Gasteiger partial charge in [-0.25, -0.2) is 0 Å². The molecule has 1 aromatic carbocycles. The van der Waals surface area contributed by atoms with Gasteiger partial charge in [-0.05, 0) is 6.92 Å². The Bertz CT molecular complexity index is 247. The van der Waals surface area contributed by atoms with Crippen LogP contribution < -0.4 is 0 Å². The van der Waals surface area contributed by atoms with Crippen LogP contribution in [-0.4, -0.2) is 5.78 Å². The smallest absolute Gasteiger partial charge is 0.162 e. The summed E-state index contributed by atoms with van der Waals surface area (Å²) in [5.74, 6) is 0.213. The van der Waals surface area contributed by atoms with Crippen LogP contribution in [0.25, 0.3) is 0 Å². The lowest BCUT2D eigenvalue weighted by atomic mass is 10.1. The Kier molecular flexibility index (Phi) is 11.9. The van der Waals surface area contributed by atoms with Gasteiger partial charge in [0.05, 0.1) is 0 Å². The van der Waals surface area contributed by atoms with Gasteiger partial charge in [0.1, 0.15) is 0 Å². The van der Waals surface area contributed by atoms with Gasteiger partial charge in [0.25, 0.3) is 0 Å². The maximum atomic E-state index is 11.1. The normalized spacial score (nSPS) is 7.87. The third-order valence-electron chi connectivity index (χ3n) is 1.69. The van der Waals surface area contributed by atoms with Crippen LogP contribution in [0.1, 0.15) is 57.0 Å². The molecule has 15 heavy (non-hydrogen) atoms. The molecule has 0 saturated heterocycles. The lowest BCUT2D eigenvalue weighted by Crippen LogP contribution is -1.95. The summed E-state index contributed by atoms with van der Waals surface area (Å²) < 4.78 is 0. The minimum atomic E-state index is 0.213. The van der Waals surface area contributed by atoms with Gasteiger partial charge in [-0.2, -0.15) is 0 Å². The highest BCUT2D eigenvalue weighted by molar-refractivity contribution is 5.95. The fourth-order valence-corrected chi connectivity index (χ4v) is 0.944. The van der Waals surface area contributed by atoms with Gasteiger partial charge in [-0.1, -0.05) is 64.4 Å². The molecule has 0 heterocycles. The summed E-state index contributed by atoms with van der Waals surface area (Å²) in [6, 6.07) is 7.67. The topological polar surface area (TPSA) is 17.1 Å². The van der Waals surface area contributed by atoms with Crippen molar-refractivity contribution in [2.24, 2.45) is 0 Å². The minimum Gasteiger partial charge on any atom is -0.294 e. The number of benzene rings is 1. The Hall–Kier alpha value is -1.11. The first-order chi connectivity index (χ1) is 7.24. The zero-order chi connectivity index (χ0) is 12.3. The second-order valence-corrected chi connectivity index (χ2v) is 2.64. The van der Waals surface area contributed by atoms with Crippen molar-refractivity contribution in [2.75, 3.05) is 0 Å². The minimum absolute atomic E-state index is 0.213. The number of hydrogen-bond acceptors (Lipinski definition) is 1. The van der Waals surface area contributed by atoms with Crippen molar-refractivity contribution in [3.63, 3.8) is 0 Å². The van der Waals surface area contributed by atoms with E-state index in [4.69, 9.17) is 0 Å². The number of Topliss-reactive ketones (excluding diaryl/α,β-unsaturated/α-hetero) is 1. The van der Waals surface area contributed by atoms with Crippen LogP contribution in [0.4, 0.5) is 0 Å². The van der Waals surface area contributed by atoms with Crippen molar-refractivity contribution in [3.05, 3.63) is 35.4 Å². The van der Waals surface area contributed by atoms with Crippen LogP contribution in [0.3, 0.4) is 0 Å². The molecule has 1 rings (SSSR count). The lowest BCUT2D eigenvalue weighted by Gasteiger charge is -1.96. The largest absolute Gasteiger partial charge is 0.294 e. The first-order valence-electron chi connectivity index (χ1n) is 5.84. The summed E-state index contributed by atoms with van der Waals surface area (Å²) in [5.41, 5.74) is 2.01. The van der Waals surface area contributed by atoms with Crippen molar-refractivity contribution in [1.82, 2.24) is 0 Å². The van der Waals surface area contributed by atoms with Crippen molar-refractivity contribution in [1.29, 1.82) is 0 Å². The van der Waals surface area contributed by atoms with E-state index in [1.807, 2.05) is 65.8 Å². The predicted molar refractivity (Wildman–Crippen MR) is 68.5 cm³/mol. The van der Waals surface area contributed by atoms with Gasteiger partial charge in [0.2, 0.25) is 0 Å². The number of carbonyl (C=O) groups excluding carboxylic acids is 1. The summed E-state index contributed by atoms with van der Waals surface area (Å²) in [6.45, 7) is 11.9. The molecule has 0 saturated carbocycles. The third kappa shape index (κ3) is 6.89. The highest BCUT2D eigenvalue weighted by Crippen LogP contribution is 2.05. The molecule has 0 aromatic heterocycles. The fourth-order valence-electron chi connectivity index (χ4n) is 0.944. The number of carbonyl (C=O) groups is 1. The molecular formula is C14H24O. The number of rotatable bonds is 2. The molecule has 0 unspecified atom stereocenters. The second-order valence-electron chi connectivity index (χ2n) is 2.64. The molecule has 0 fully saturated rings. The van der Waals surface area contributed by atoms with E-state index >= 15 is 0 Å². The van der Waals surface area contributed by atoms with Crippen LogP contribution in [0.15, 0.2) is 24.3 Å². The van der Waals surface area contributed by atoms with Gasteiger partial charge in [-0.15, -0.1) is 0 Å². The summed E-state index contributed by atoms with van der Waals surface area (Å²) in [6.07, 6.45) is 0.586. The Morgan fingerprint density at radius 1 is 1.00 bits per heavy atom. The van der Waals surface area contributed by atoms with Gasteiger partial charge >= 0.3 is 0 Å². The second kappa shape index (κ2) is 11.0. The van der Waals surface area contributed by atoms with Crippen LogP contribution in [0.5, 0.6) is 0 Å². The van der Waals surface area contributed by atoms with Gasteiger partial charge in [0, 0.05) is 12.0 Å².